The molecule has 1 aromatic carbocycles. The van der Waals surface area contributed by atoms with E-state index in [-0.39, 0.29) is 6.61 Å². The highest BCUT2D eigenvalue weighted by atomic mass is 16.5. The summed E-state index contributed by atoms with van der Waals surface area (Å²) in [4.78, 5) is 0. The van der Waals surface area contributed by atoms with Gasteiger partial charge in [0.25, 0.3) is 0 Å². The van der Waals surface area contributed by atoms with Gasteiger partial charge < -0.3 is 14.9 Å². The van der Waals surface area contributed by atoms with E-state index in [1.54, 1.807) is 13.8 Å². The molecule has 3 nitrogen and oxygen atoms in total. The molecule has 0 aromatic heterocycles. The van der Waals surface area contributed by atoms with Crippen LogP contribution in [0.5, 0.6) is 0 Å². The number of rotatable bonds is 5. The predicted molar refractivity (Wildman–Crippen MR) is 58.4 cm³/mol. The molecule has 0 aliphatic heterocycles. The third-order valence-electron chi connectivity index (χ3n) is 2.43. The highest BCUT2D eigenvalue weighted by Crippen LogP contribution is 2.17. The molecule has 0 aliphatic rings. The number of aliphatic hydroxyl groups is 2. The van der Waals surface area contributed by atoms with Crippen molar-refractivity contribution >= 4 is 0 Å². The number of ether oxygens (including phenoxy) is 1. The molecule has 3 heteroatoms. The molecule has 0 bridgehead atoms. The van der Waals surface area contributed by atoms with Crippen molar-refractivity contribution in [2.45, 2.75) is 32.2 Å². The predicted octanol–water partition coefficient (Wildman–Crippen LogP) is 1.33. The Hall–Kier alpha value is -0.900. The lowest BCUT2D eigenvalue weighted by atomic mass is 10.0. The van der Waals surface area contributed by atoms with Crippen LogP contribution in [0.1, 0.15) is 19.4 Å². The Morgan fingerprint density at radius 2 is 1.87 bits per heavy atom. The van der Waals surface area contributed by atoms with Crippen LogP contribution in [0.3, 0.4) is 0 Å². The van der Waals surface area contributed by atoms with Crippen molar-refractivity contribution in [1.82, 2.24) is 0 Å². The first-order valence-electron chi connectivity index (χ1n) is 5.03. The number of hydrogen-bond donors (Lipinski definition) is 2. The van der Waals surface area contributed by atoms with Crippen molar-refractivity contribution < 1.29 is 14.9 Å². The normalized spacial score (nSPS) is 13.9. The molecule has 2 N–H and O–H groups in total. The zero-order valence-corrected chi connectivity index (χ0v) is 9.18. The summed E-state index contributed by atoms with van der Waals surface area (Å²) in [5.74, 6) is 0. The minimum atomic E-state index is -0.860. The molecule has 1 aromatic rings. The largest absolute Gasteiger partial charge is 0.394 e. The molecule has 0 unspecified atom stereocenters. The van der Waals surface area contributed by atoms with Crippen molar-refractivity contribution in [3.63, 3.8) is 0 Å². The average molecular weight is 210 g/mol. The maximum absolute atomic E-state index is 9.49. The maximum atomic E-state index is 9.49. The molecular formula is C12H18O3. The van der Waals surface area contributed by atoms with Crippen molar-refractivity contribution in [1.29, 1.82) is 0 Å². The smallest absolute Gasteiger partial charge is 0.105 e. The van der Waals surface area contributed by atoms with Gasteiger partial charge in [-0.05, 0) is 19.4 Å². The monoisotopic (exact) mass is 210 g/mol. The Kier molecular flexibility index (Phi) is 4.27. The van der Waals surface area contributed by atoms with E-state index in [0.717, 1.165) is 5.56 Å². The summed E-state index contributed by atoms with van der Waals surface area (Å²) in [5.41, 5.74) is 0.320. The lowest BCUT2D eigenvalue weighted by molar-refractivity contribution is -0.122. The molecule has 0 spiro atoms. The van der Waals surface area contributed by atoms with E-state index in [2.05, 4.69) is 0 Å². The fourth-order valence-electron chi connectivity index (χ4n) is 1.16. The molecule has 0 fully saturated rings. The first-order chi connectivity index (χ1) is 7.06. The van der Waals surface area contributed by atoms with Crippen LogP contribution < -0.4 is 0 Å². The highest BCUT2D eigenvalue weighted by molar-refractivity contribution is 5.13. The molecular weight excluding hydrogens is 192 g/mol. The lowest BCUT2D eigenvalue weighted by Crippen LogP contribution is -2.41. The molecule has 84 valence electrons. The molecule has 0 radical (unpaired) electrons. The zero-order valence-electron chi connectivity index (χ0n) is 9.18. The van der Waals surface area contributed by atoms with Gasteiger partial charge in [-0.25, -0.2) is 0 Å². The first kappa shape index (κ1) is 12.2. The van der Waals surface area contributed by atoms with Crippen LogP contribution in [0, 0.1) is 0 Å². The van der Waals surface area contributed by atoms with Crippen LogP contribution in [0.2, 0.25) is 0 Å². The second-order valence-electron chi connectivity index (χ2n) is 4.08. The van der Waals surface area contributed by atoms with Crippen molar-refractivity contribution in [3.8, 4) is 0 Å². The Balaban J connectivity index is 2.49. The summed E-state index contributed by atoms with van der Waals surface area (Å²) in [6.07, 6.45) is -0.860. The zero-order chi connectivity index (χ0) is 11.3. The van der Waals surface area contributed by atoms with Gasteiger partial charge >= 0.3 is 0 Å². The second-order valence-corrected chi connectivity index (χ2v) is 4.08. The summed E-state index contributed by atoms with van der Waals surface area (Å²) in [5, 5.41) is 18.3. The van der Waals surface area contributed by atoms with Gasteiger partial charge in [-0.2, -0.15) is 0 Å². The van der Waals surface area contributed by atoms with E-state index in [4.69, 9.17) is 9.84 Å². The van der Waals surface area contributed by atoms with E-state index in [0.29, 0.717) is 6.61 Å². The fourth-order valence-corrected chi connectivity index (χ4v) is 1.16. The minimum absolute atomic E-state index is 0.290. The Labute approximate surface area is 90.3 Å². The van der Waals surface area contributed by atoms with Gasteiger partial charge in [-0.3, -0.25) is 0 Å². The second kappa shape index (κ2) is 5.26. The molecule has 0 aliphatic carbocycles. The van der Waals surface area contributed by atoms with E-state index >= 15 is 0 Å². The van der Waals surface area contributed by atoms with Gasteiger partial charge in [0.05, 0.1) is 18.8 Å². The standard InChI is InChI=1S/C12H18O3/c1-12(2,11(14)8-13)15-9-10-6-4-3-5-7-10/h3-7,11,13-14H,8-9H2,1-2H3/t11-/m0/s1. The molecule has 1 atom stereocenters. The summed E-state index contributed by atoms with van der Waals surface area (Å²) < 4.78 is 5.56. The maximum Gasteiger partial charge on any atom is 0.105 e. The Morgan fingerprint density at radius 3 is 2.40 bits per heavy atom. The minimum Gasteiger partial charge on any atom is -0.394 e. The highest BCUT2D eigenvalue weighted by Gasteiger charge is 2.27. The molecule has 0 saturated carbocycles. The van der Waals surface area contributed by atoms with Crippen LogP contribution >= 0.6 is 0 Å². The quantitative estimate of drug-likeness (QED) is 0.771. The fraction of sp³-hybridized carbons (Fsp3) is 0.500. The third-order valence-corrected chi connectivity index (χ3v) is 2.43. The van der Waals surface area contributed by atoms with Gasteiger partial charge in [-0.1, -0.05) is 30.3 Å². The van der Waals surface area contributed by atoms with Gasteiger partial charge in [0.2, 0.25) is 0 Å². The van der Waals surface area contributed by atoms with Crippen LogP contribution in [0.25, 0.3) is 0 Å². The molecule has 0 heterocycles. The molecule has 0 amide bonds. The Morgan fingerprint density at radius 1 is 1.27 bits per heavy atom. The van der Waals surface area contributed by atoms with Crippen molar-refractivity contribution in [2.75, 3.05) is 6.61 Å². The molecule has 0 saturated heterocycles. The number of aliphatic hydroxyl groups excluding tert-OH is 2. The summed E-state index contributed by atoms with van der Waals surface area (Å²) >= 11 is 0. The summed E-state index contributed by atoms with van der Waals surface area (Å²) in [6.45, 7) is 3.67. The Bertz CT molecular complexity index is 282. The van der Waals surface area contributed by atoms with Crippen LogP contribution in [0.4, 0.5) is 0 Å². The SMILES string of the molecule is CC(C)(OCc1ccccc1)[C@@H](O)CO. The number of hydrogen-bond acceptors (Lipinski definition) is 3. The summed E-state index contributed by atoms with van der Waals surface area (Å²) in [6, 6.07) is 9.74. The first-order valence-corrected chi connectivity index (χ1v) is 5.03. The van der Waals surface area contributed by atoms with Gasteiger partial charge in [0, 0.05) is 0 Å². The van der Waals surface area contributed by atoms with Gasteiger partial charge in [0.1, 0.15) is 6.10 Å². The van der Waals surface area contributed by atoms with Crippen LogP contribution in [-0.4, -0.2) is 28.5 Å². The summed E-state index contributed by atoms with van der Waals surface area (Å²) in [7, 11) is 0. The van der Waals surface area contributed by atoms with Crippen LogP contribution in [-0.2, 0) is 11.3 Å². The van der Waals surface area contributed by atoms with E-state index in [1.165, 1.54) is 0 Å². The van der Waals surface area contributed by atoms with Crippen molar-refractivity contribution in [3.05, 3.63) is 35.9 Å². The van der Waals surface area contributed by atoms with E-state index in [9.17, 15) is 5.11 Å². The third kappa shape index (κ3) is 3.63. The van der Waals surface area contributed by atoms with Gasteiger partial charge in [0.15, 0.2) is 0 Å². The van der Waals surface area contributed by atoms with Crippen LogP contribution in [0.15, 0.2) is 30.3 Å². The van der Waals surface area contributed by atoms with Crippen molar-refractivity contribution in [2.24, 2.45) is 0 Å². The molecule has 1 rings (SSSR count). The molecule has 15 heavy (non-hydrogen) atoms. The average Bonchev–Trinajstić information content (AvgIpc) is 2.27. The van der Waals surface area contributed by atoms with Gasteiger partial charge in [-0.15, -0.1) is 0 Å². The van der Waals surface area contributed by atoms with E-state index < -0.39 is 11.7 Å². The lowest BCUT2D eigenvalue weighted by Gasteiger charge is -2.29. The topological polar surface area (TPSA) is 49.7 Å². The van der Waals surface area contributed by atoms with E-state index in [1.807, 2.05) is 30.3 Å². The number of benzene rings is 1.